The molecule has 0 fully saturated rings. The van der Waals surface area contributed by atoms with Gasteiger partial charge < -0.3 is 0 Å². The van der Waals surface area contributed by atoms with E-state index in [2.05, 4.69) is 0 Å². The Balaban J connectivity index is 2.46. The van der Waals surface area contributed by atoms with Gasteiger partial charge in [0.2, 0.25) is 0 Å². The number of hydrogen-bond acceptors (Lipinski definition) is 2. The van der Waals surface area contributed by atoms with Crippen molar-refractivity contribution in [2.45, 2.75) is 26.7 Å². The summed E-state index contributed by atoms with van der Waals surface area (Å²) in [5, 5.41) is 0.963. The summed E-state index contributed by atoms with van der Waals surface area (Å²) in [7, 11) is -1.52. The van der Waals surface area contributed by atoms with Crippen molar-refractivity contribution in [2.24, 2.45) is 0 Å². The first-order chi connectivity index (χ1) is 11.2. The van der Waals surface area contributed by atoms with Gasteiger partial charge in [0.25, 0.3) is 0 Å². The van der Waals surface area contributed by atoms with Gasteiger partial charge in [-0.2, -0.15) is 0 Å². The van der Waals surface area contributed by atoms with E-state index in [4.69, 9.17) is 0 Å². The Morgan fingerprint density at radius 2 is 1.26 bits per heavy atom. The third kappa shape index (κ3) is 4.24. The average Bonchev–Trinajstić information content (AvgIpc) is 2.62. The number of benzene rings is 2. The third-order valence-corrected chi connectivity index (χ3v) is 5.94. The molecular weight excluding hydrogens is 303 g/mol. The summed E-state index contributed by atoms with van der Waals surface area (Å²) in [6.07, 6.45) is 3.58. The molecule has 0 unspecified atom stereocenters. The average molecular weight is 324 g/mol. The van der Waals surface area contributed by atoms with E-state index in [1.165, 1.54) is 0 Å². The summed E-state index contributed by atoms with van der Waals surface area (Å²) in [5.41, 5.74) is 1.10. The fraction of sp³-hybridized carbons (Fsp3) is 0.200. The van der Waals surface area contributed by atoms with Gasteiger partial charge in [-0.05, 0) is 18.2 Å². The molecule has 0 saturated carbocycles. The molecule has 0 aliphatic carbocycles. The SMILES string of the molecule is CC/C=C(/CC)P(C(=O)c1ccccc1)C(=O)c1ccccc1. The first-order valence-electron chi connectivity index (χ1n) is 7.87. The Bertz CT molecular complexity index is 639. The lowest BCUT2D eigenvalue weighted by Gasteiger charge is -2.18. The standard InChI is InChI=1S/C20H21O2P/c1-3-11-18(4-2)23(19(21)16-12-7-5-8-13-16)20(22)17-14-9-6-10-15-17/h5-15H,3-4H2,1-2H3/b18-11-. The van der Waals surface area contributed by atoms with E-state index >= 15 is 0 Å². The summed E-state index contributed by atoms with van der Waals surface area (Å²) in [4.78, 5) is 26.0. The maximum absolute atomic E-state index is 13.0. The molecule has 0 spiro atoms. The lowest BCUT2D eigenvalue weighted by molar-refractivity contribution is 0.105. The van der Waals surface area contributed by atoms with Crippen LogP contribution in [0.4, 0.5) is 0 Å². The molecule has 0 N–H and O–H groups in total. The van der Waals surface area contributed by atoms with E-state index in [1.807, 2.05) is 56.3 Å². The smallest absolute Gasteiger partial charge is 0.196 e. The zero-order valence-electron chi connectivity index (χ0n) is 13.5. The molecule has 0 atom stereocenters. The first-order valence-corrected chi connectivity index (χ1v) is 9.21. The zero-order chi connectivity index (χ0) is 16.7. The minimum atomic E-state index is -1.52. The lowest BCUT2D eigenvalue weighted by Crippen LogP contribution is -2.08. The molecule has 0 bridgehead atoms. The molecular formula is C20H21O2P. The van der Waals surface area contributed by atoms with Gasteiger partial charge >= 0.3 is 0 Å². The van der Waals surface area contributed by atoms with Gasteiger partial charge in [0, 0.05) is 11.1 Å². The summed E-state index contributed by atoms with van der Waals surface area (Å²) < 4.78 is 0. The van der Waals surface area contributed by atoms with Crippen molar-refractivity contribution >= 4 is 19.0 Å². The molecule has 3 heteroatoms. The number of rotatable bonds is 7. The Labute approximate surface area is 139 Å². The van der Waals surface area contributed by atoms with Crippen LogP contribution in [0.3, 0.4) is 0 Å². The Hall–Kier alpha value is -2.05. The highest BCUT2D eigenvalue weighted by Gasteiger charge is 2.30. The van der Waals surface area contributed by atoms with Gasteiger partial charge in [-0.3, -0.25) is 9.59 Å². The van der Waals surface area contributed by atoms with Crippen molar-refractivity contribution < 1.29 is 9.59 Å². The predicted molar refractivity (Wildman–Crippen MR) is 97.1 cm³/mol. The zero-order valence-corrected chi connectivity index (χ0v) is 14.4. The molecule has 2 aromatic rings. The van der Waals surface area contributed by atoms with Gasteiger partial charge in [0.1, 0.15) is 0 Å². The molecule has 23 heavy (non-hydrogen) atoms. The maximum Gasteiger partial charge on any atom is 0.196 e. The van der Waals surface area contributed by atoms with Crippen molar-refractivity contribution in [3.8, 4) is 0 Å². The van der Waals surface area contributed by atoms with E-state index in [9.17, 15) is 9.59 Å². The summed E-state index contributed by atoms with van der Waals surface area (Å²) in [5.74, 6) is 0. The highest BCUT2D eigenvalue weighted by molar-refractivity contribution is 7.93. The van der Waals surface area contributed by atoms with Crippen LogP contribution in [0.1, 0.15) is 47.4 Å². The minimum absolute atomic E-state index is 0.0593. The van der Waals surface area contributed by atoms with Crippen LogP contribution >= 0.6 is 7.92 Å². The van der Waals surface area contributed by atoms with E-state index in [0.29, 0.717) is 11.1 Å². The molecule has 2 rings (SSSR count). The van der Waals surface area contributed by atoms with E-state index in [1.54, 1.807) is 24.3 Å². The van der Waals surface area contributed by atoms with E-state index in [0.717, 1.165) is 18.2 Å². The Morgan fingerprint density at radius 1 is 0.826 bits per heavy atom. The molecule has 2 aromatic carbocycles. The van der Waals surface area contributed by atoms with Crippen molar-refractivity contribution in [2.75, 3.05) is 0 Å². The van der Waals surface area contributed by atoms with Crippen molar-refractivity contribution in [1.29, 1.82) is 0 Å². The number of hydrogen-bond donors (Lipinski definition) is 0. The van der Waals surface area contributed by atoms with Crippen molar-refractivity contribution in [1.82, 2.24) is 0 Å². The van der Waals surface area contributed by atoms with Crippen molar-refractivity contribution in [3.05, 3.63) is 83.2 Å². The summed E-state index contributed by atoms with van der Waals surface area (Å²) in [6.45, 7) is 4.04. The van der Waals surface area contributed by atoms with Gasteiger partial charge in [-0.1, -0.05) is 80.6 Å². The molecule has 0 radical (unpaired) electrons. The molecule has 0 aliphatic rings. The fourth-order valence-corrected chi connectivity index (χ4v) is 4.60. The monoisotopic (exact) mass is 324 g/mol. The molecule has 2 nitrogen and oxygen atoms in total. The third-order valence-electron chi connectivity index (χ3n) is 3.54. The van der Waals surface area contributed by atoms with Crippen LogP contribution in [0.15, 0.2) is 72.1 Å². The van der Waals surface area contributed by atoms with Gasteiger partial charge in [-0.25, -0.2) is 0 Å². The van der Waals surface area contributed by atoms with Gasteiger partial charge in [0.05, 0.1) is 7.92 Å². The van der Waals surface area contributed by atoms with Crippen LogP contribution in [0.25, 0.3) is 0 Å². The first kappa shape index (κ1) is 17.3. The maximum atomic E-state index is 13.0. The number of allylic oxidation sites excluding steroid dienone is 2. The Morgan fingerprint density at radius 3 is 1.61 bits per heavy atom. The van der Waals surface area contributed by atoms with Gasteiger partial charge in [-0.15, -0.1) is 0 Å². The van der Waals surface area contributed by atoms with Crippen LogP contribution in [0.5, 0.6) is 0 Å². The summed E-state index contributed by atoms with van der Waals surface area (Å²) >= 11 is 0. The van der Waals surface area contributed by atoms with E-state index < -0.39 is 7.92 Å². The predicted octanol–water partition coefficient (Wildman–Crippen LogP) is 5.85. The number of carbonyl (C=O) groups is 2. The minimum Gasteiger partial charge on any atom is -0.288 e. The lowest BCUT2D eigenvalue weighted by atomic mass is 10.2. The molecule has 0 aliphatic heterocycles. The topological polar surface area (TPSA) is 34.1 Å². The van der Waals surface area contributed by atoms with Crippen LogP contribution in [0, 0.1) is 0 Å². The highest BCUT2D eigenvalue weighted by atomic mass is 31.1. The second-order valence-corrected chi connectivity index (χ2v) is 7.19. The van der Waals surface area contributed by atoms with Crippen LogP contribution in [-0.2, 0) is 0 Å². The van der Waals surface area contributed by atoms with Crippen LogP contribution < -0.4 is 0 Å². The second-order valence-electron chi connectivity index (χ2n) is 5.14. The molecule has 0 heterocycles. The normalized spacial score (nSPS) is 11.5. The molecule has 0 amide bonds. The summed E-state index contributed by atoms with van der Waals surface area (Å²) in [6, 6.07) is 18.2. The molecule has 118 valence electrons. The van der Waals surface area contributed by atoms with Crippen LogP contribution in [0.2, 0.25) is 0 Å². The number of carbonyl (C=O) groups excluding carboxylic acids is 2. The quantitative estimate of drug-likeness (QED) is 0.598. The van der Waals surface area contributed by atoms with Crippen molar-refractivity contribution in [3.63, 3.8) is 0 Å². The second kappa shape index (κ2) is 8.55. The fourth-order valence-electron chi connectivity index (χ4n) is 2.40. The highest BCUT2D eigenvalue weighted by Crippen LogP contribution is 2.52. The molecule has 0 saturated heterocycles. The van der Waals surface area contributed by atoms with Crippen LogP contribution in [-0.4, -0.2) is 11.0 Å². The molecule has 0 aromatic heterocycles. The Kier molecular flexibility index (Phi) is 6.43. The van der Waals surface area contributed by atoms with E-state index in [-0.39, 0.29) is 11.0 Å². The largest absolute Gasteiger partial charge is 0.288 e. The van der Waals surface area contributed by atoms with Gasteiger partial charge in [0.15, 0.2) is 11.0 Å².